The van der Waals surface area contributed by atoms with Crippen LogP contribution in [0.5, 0.6) is 5.75 Å². The summed E-state index contributed by atoms with van der Waals surface area (Å²) in [6.07, 6.45) is 4.90. The highest BCUT2D eigenvalue weighted by Gasteiger charge is 2.31. The van der Waals surface area contributed by atoms with Crippen molar-refractivity contribution in [3.63, 3.8) is 0 Å². The third-order valence-electron chi connectivity index (χ3n) is 4.30. The number of thiophene rings is 1. The maximum absolute atomic E-state index is 12.7. The first-order valence-electron chi connectivity index (χ1n) is 8.22. The van der Waals surface area contributed by atoms with Crippen molar-refractivity contribution in [2.45, 2.75) is 20.0 Å². The second-order valence-corrected chi connectivity index (χ2v) is 7.15. The van der Waals surface area contributed by atoms with E-state index in [0.29, 0.717) is 10.6 Å². The smallest absolute Gasteiger partial charge is 0.265 e. The van der Waals surface area contributed by atoms with Crippen LogP contribution in [-0.2, 0) is 0 Å². The van der Waals surface area contributed by atoms with Crippen LogP contribution in [0.3, 0.4) is 0 Å². The molecule has 5 nitrogen and oxygen atoms in total. The van der Waals surface area contributed by atoms with Crippen LogP contribution in [0.25, 0.3) is 10.2 Å². The monoisotopic (exact) mass is 363 g/mol. The molecule has 3 heterocycles. The molecule has 26 heavy (non-hydrogen) atoms. The van der Waals surface area contributed by atoms with Crippen molar-refractivity contribution in [1.29, 1.82) is 0 Å². The molecular weight excluding hydrogens is 346 g/mol. The van der Waals surface area contributed by atoms with Crippen LogP contribution in [0.1, 0.15) is 32.7 Å². The third kappa shape index (κ3) is 2.67. The summed E-state index contributed by atoms with van der Waals surface area (Å²) in [4.78, 5) is 18.8. The van der Waals surface area contributed by atoms with E-state index in [1.165, 1.54) is 11.3 Å². The van der Waals surface area contributed by atoms with E-state index in [-0.39, 0.29) is 12.5 Å². The Morgan fingerprint density at radius 3 is 2.92 bits per heavy atom. The first-order valence-corrected chi connectivity index (χ1v) is 9.03. The number of aromatic nitrogens is 1. The summed E-state index contributed by atoms with van der Waals surface area (Å²) in [5, 5.41) is 7.45. The predicted octanol–water partition coefficient (Wildman–Crippen LogP) is 3.78. The SMILES string of the molecule is C#CCOc1ccccc1[C@H]1NC(=O)c2sc3nc(C)cc(C)c3c2N1. The first-order chi connectivity index (χ1) is 12.6. The molecule has 0 bridgehead atoms. The lowest BCUT2D eigenvalue weighted by Crippen LogP contribution is -2.37. The minimum absolute atomic E-state index is 0.115. The molecule has 2 N–H and O–H groups in total. The topological polar surface area (TPSA) is 63.2 Å². The Morgan fingerprint density at radius 1 is 1.31 bits per heavy atom. The first kappa shape index (κ1) is 16.4. The predicted molar refractivity (Wildman–Crippen MR) is 104 cm³/mol. The van der Waals surface area contributed by atoms with Crippen molar-refractivity contribution in [2.24, 2.45) is 0 Å². The molecule has 0 saturated heterocycles. The second-order valence-electron chi connectivity index (χ2n) is 6.15. The lowest BCUT2D eigenvalue weighted by atomic mass is 10.1. The van der Waals surface area contributed by atoms with E-state index < -0.39 is 6.17 Å². The van der Waals surface area contributed by atoms with Gasteiger partial charge in [-0.15, -0.1) is 17.8 Å². The summed E-state index contributed by atoms with van der Waals surface area (Å²) < 4.78 is 5.63. The fraction of sp³-hybridized carbons (Fsp3) is 0.200. The number of anilines is 1. The van der Waals surface area contributed by atoms with Crippen LogP contribution >= 0.6 is 11.3 Å². The van der Waals surface area contributed by atoms with Gasteiger partial charge in [0.05, 0.1) is 5.69 Å². The van der Waals surface area contributed by atoms with E-state index in [1.807, 2.05) is 44.2 Å². The van der Waals surface area contributed by atoms with E-state index in [1.54, 1.807) is 0 Å². The summed E-state index contributed by atoms with van der Waals surface area (Å²) in [6, 6.07) is 9.57. The van der Waals surface area contributed by atoms with E-state index in [0.717, 1.165) is 32.7 Å². The standard InChI is InChI=1S/C20H17N3O2S/c1-4-9-25-14-8-6-5-7-13(14)18-22-16-15-11(2)10-12(3)21-20(15)26-17(16)19(24)23-18/h1,5-8,10,18,22H,9H2,2-3H3,(H,23,24)/t18-/m1/s1. The van der Waals surface area contributed by atoms with Crippen LogP contribution in [0.4, 0.5) is 5.69 Å². The third-order valence-corrected chi connectivity index (χ3v) is 5.38. The second kappa shape index (κ2) is 6.36. The molecular formula is C20H17N3O2S. The number of nitrogens with zero attached hydrogens (tertiary/aromatic N) is 1. The summed E-state index contributed by atoms with van der Waals surface area (Å²) in [5.74, 6) is 3.00. The minimum atomic E-state index is -0.400. The Balaban J connectivity index is 1.80. The molecule has 0 unspecified atom stereocenters. The number of pyridine rings is 1. The number of nitrogens with one attached hydrogen (secondary N) is 2. The van der Waals surface area contributed by atoms with Crippen molar-refractivity contribution >= 4 is 33.1 Å². The molecule has 6 heteroatoms. The summed E-state index contributed by atoms with van der Waals surface area (Å²) in [5.41, 5.74) is 3.70. The average Bonchev–Trinajstić information content (AvgIpc) is 2.99. The molecule has 0 radical (unpaired) electrons. The number of rotatable bonds is 3. The van der Waals surface area contributed by atoms with Crippen LogP contribution in [0.15, 0.2) is 30.3 Å². The molecule has 0 spiro atoms. The maximum Gasteiger partial charge on any atom is 0.265 e. The van der Waals surface area contributed by atoms with Crippen molar-refractivity contribution in [3.8, 4) is 18.1 Å². The zero-order valence-corrected chi connectivity index (χ0v) is 15.2. The van der Waals surface area contributed by atoms with Gasteiger partial charge in [-0.05, 0) is 31.5 Å². The maximum atomic E-state index is 12.7. The van der Waals surface area contributed by atoms with Crippen molar-refractivity contribution in [3.05, 3.63) is 52.0 Å². The van der Waals surface area contributed by atoms with Gasteiger partial charge >= 0.3 is 0 Å². The van der Waals surface area contributed by atoms with Gasteiger partial charge in [-0.3, -0.25) is 4.79 Å². The molecule has 3 aromatic rings. The molecule has 1 aliphatic heterocycles. The van der Waals surface area contributed by atoms with Crippen molar-refractivity contribution < 1.29 is 9.53 Å². The van der Waals surface area contributed by atoms with Gasteiger partial charge in [0.25, 0.3) is 5.91 Å². The number of para-hydroxylation sites is 1. The summed E-state index contributed by atoms with van der Waals surface area (Å²) in [7, 11) is 0. The Bertz CT molecular complexity index is 1060. The molecule has 0 saturated carbocycles. The van der Waals surface area contributed by atoms with Gasteiger partial charge < -0.3 is 15.4 Å². The molecule has 0 fully saturated rings. The number of carbonyl (C=O) groups excluding carboxylic acids is 1. The zero-order chi connectivity index (χ0) is 18.3. The number of benzene rings is 1. The lowest BCUT2D eigenvalue weighted by Gasteiger charge is -2.27. The highest BCUT2D eigenvalue weighted by atomic mass is 32.1. The van der Waals surface area contributed by atoms with E-state index >= 15 is 0 Å². The lowest BCUT2D eigenvalue weighted by molar-refractivity contribution is 0.0940. The van der Waals surface area contributed by atoms with E-state index in [9.17, 15) is 4.79 Å². The molecule has 4 rings (SSSR count). The largest absolute Gasteiger partial charge is 0.481 e. The molecule has 1 atom stereocenters. The quantitative estimate of drug-likeness (QED) is 0.695. The molecule has 130 valence electrons. The van der Waals surface area contributed by atoms with Gasteiger partial charge in [-0.1, -0.05) is 24.1 Å². The molecule has 0 aliphatic carbocycles. The normalized spacial score (nSPS) is 15.7. The molecule has 2 aromatic heterocycles. The number of ether oxygens (including phenoxy) is 1. The number of carbonyl (C=O) groups is 1. The molecule has 1 amide bonds. The highest BCUT2D eigenvalue weighted by Crippen LogP contribution is 2.41. The Morgan fingerprint density at radius 2 is 2.12 bits per heavy atom. The number of aryl methyl sites for hydroxylation is 2. The number of fused-ring (bicyclic) bond motifs is 3. The van der Waals surface area contributed by atoms with Gasteiger partial charge in [0, 0.05) is 16.6 Å². The number of amides is 1. The van der Waals surface area contributed by atoms with Gasteiger partial charge in [0.2, 0.25) is 0 Å². The molecule has 1 aromatic carbocycles. The van der Waals surface area contributed by atoms with E-state index in [4.69, 9.17) is 11.2 Å². The van der Waals surface area contributed by atoms with Gasteiger partial charge in [0.1, 0.15) is 28.2 Å². The minimum Gasteiger partial charge on any atom is -0.481 e. The van der Waals surface area contributed by atoms with Crippen molar-refractivity contribution in [2.75, 3.05) is 11.9 Å². The van der Waals surface area contributed by atoms with Crippen LogP contribution in [0, 0.1) is 26.2 Å². The van der Waals surface area contributed by atoms with Crippen LogP contribution < -0.4 is 15.4 Å². The van der Waals surface area contributed by atoms with E-state index in [2.05, 4.69) is 21.5 Å². The highest BCUT2D eigenvalue weighted by molar-refractivity contribution is 7.21. The average molecular weight is 363 g/mol. The Labute approximate surface area is 155 Å². The number of hydrogen-bond acceptors (Lipinski definition) is 5. The number of hydrogen-bond donors (Lipinski definition) is 2. The van der Waals surface area contributed by atoms with Crippen molar-refractivity contribution in [1.82, 2.24) is 10.3 Å². The van der Waals surface area contributed by atoms with Crippen LogP contribution in [-0.4, -0.2) is 17.5 Å². The zero-order valence-electron chi connectivity index (χ0n) is 14.4. The number of terminal acetylenes is 1. The van der Waals surface area contributed by atoms with Gasteiger partial charge in [0.15, 0.2) is 0 Å². The fourth-order valence-electron chi connectivity index (χ4n) is 3.24. The molecule has 1 aliphatic rings. The summed E-state index contributed by atoms with van der Waals surface area (Å²) in [6.45, 7) is 4.17. The Hall–Kier alpha value is -3.04. The summed E-state index contributed by atoms with van der Waals surface area (Å²) >= 11 is 1.41. The van der Waals surface area contributed by atoms with Gasteiger partial charge in [-0.25, -0.2) is 4.98 Å². The Kier molecular flexibility index (Phi) is 4.02. The van der Waals surface area contributed by atoms with Crippen LogP contribution in [0.2, 0.25) is 0 Å². The fourth-order valence-corrected chi connectivity index (χ4v) is 4.40. The van der Waals surface area contributed by atoms with Gasteiger partial charge in [-0.2, -0.15) is 0 Å².